The van der Waals surface area contributed by atoms with E-state index in [-0.39, 0.29) is 0 Å². The van der Waals surface area contributed by atoms with Gasteiger partial charge in [-0.15, -0.1) is 0 Å². The van der Waals surface area contributed by atoms with Gasteiger partial charge in [0, 0.05) is 24.2 Å². The van der Waals surface area contributed by atoms with Gasteiger partial charge in [0.15, 0.2) is 0 Å². The summed E-state index contributed by atoms with van der Waals surface area (Å²) in [6, 6.07) is 0. The predicted octanol–water partition coefficient (Wildman–Crippen LogP) is 6.71. The van der Waals surface area contributed by atoms with E-state index in [1.807, 2.05) is 12.5 Å². The van der Waals surface area contributed by atoms with Crippen molar-refractivity contribution in [2.45, 2.75) is 103 Å². The Hall–Kier alpha value is -0.440. The summed E-state index contributed by atoms with van der Waals surface area (Å²) >= 11 is 2.19. The number of unbranched alkanes of at least 4 members (excludes halogenated alkanes) is 9. The van der Waals surface area contributed by atoms with Gasteiger partial charge < -0.3 is 4.57 Å². The van der Waals surface area contributed by atoms with Gasteiger partial charge >= 0.3 is 0 Å². The molecule has 1 unspecified atom stereocenters. The minimum absolute atomic E-state index is 0.841. The van der Waals surface area contributed by atoms with Crippen molar-refractivity contribution in [3.8, 4) is 0 Å². The summed E-state index contributed by atoms with van der Waals surface area (Å²) in [5.41, 5.74) is 0. The van der Waals surface area contributed by atoms with Crippen LogP contribution in [-0.2, 0) is 6.54 Å². The lowest BCUT2D eigenvalue weighted by atomic mass is 10.1. The Labute approximate surface area is 148 Å². The SMILES string of the molecule is CCCCCCCCCCSC(C)CCCCCn1ccnc1. The quantitative estimate of drug-likeness (QED) is 0.312. The molecule has 0 aromatic carbocycles. The third-order valence-corrected chi connectivity index (χ3v) is 5.82. The maximum Gasteiger partial charge on any atom is 0.0945 e. The van der Waals surface area contributed by atoms with Crippen LogP contribution >= 0.6 is 11.8 Å². The van der Waals surface area contributed by atoms with Gasteiger partial charge in [-0.1, -0.05) is 71.6 Å². The maximum absolute atomic E-state index is 4.08. The summed E-state index contributed by atoms with van der Waals surface area (Å²) in [5.74, 6) is 1.37. The molecule has 3 heteroatoms. The molecule has 0 aliphatic carbocycles. The average molecular weight is 339 g/mol. The summed E-state index contributed by atoms with van der Waals surface area (Å²) < 4.78 is 2.18. The van der Waals surface area contributed by atoms with Gasteiger partial charge in [0.05, 0.1) is 6.33 Å². The molecule has 0 fully saturated rings. The highest BCUT2D eigenvalue weighted by atomic mass is 32.2. The van der Waals surface area contributed by atoms with E-state index in [0.29, 0.717) is 0 Å². The van der Waals surface area contributed by atoms with Crippen molar-refractivity contribution in [1.29, 1.82) is 0 Å². The van der Waals surface area contributed by atoms with Gasteiger partial charge in [0.25, 0.3) is 0 Å². The lowest BCUT2D eigenvalue weighted by molar-refractivity contribution is 0.570. The van der Waals surface area contributed by atoms with Crippen LogP contribution in [0.2, 0.25) is 0 Å². The van der Waals surface area contributed by atoms with Crippen LogP contribution in [0, 0.1) is 0 Å². The van der Waals surface area contributed by atoms with Crippen molar-refractivity contribution in [2.75, 3.05) is 5.75 Å². The Morgan fingerprint density at radius 3 is 2.30 bits per heavy atom. The first kappa shape index (κ1) is 20.6. The van der Waals surface area contributed by atoms with Crippen molar-refractivity contribution in [2.24, 2.45) is 0 Å². The van der Waals surface area contributed by atoms with E-state index in [2.05, 4.69) is 41.4 Å². The van der Waals surface area contributed by atoms with Crippen molar-refractivity contribution < 1.29 is 0 Å². The molecule has 134 valence electrons. The molecule has 1 atom stereocenters. The zero-order valence-corrected chi connectivity index (χ0v) is 16.3. The van der Waals surface area contributed by atoms with E-state index in [9.17, 15) is 0 Å². The highest BCUT2D eigenvalue weighted by Gasteiger charge is 2.02. The van der Waals surface area contributed by atoms with E-state index in [1.165, 1.54) is 82.8 Å². The summed E-state index contributed by atoms with van der Waals surface area (Å²) in [6.07, 6.45) is 22.7. The molecule has 0 radical (unpaired) electrons. The zero-order chi connectivity index (χ0) is 16.6. The molecule has 2 nitrogen and oxygen atoms in total. The molecule has 0 aliphatic rings. The van der Waals surface area contributed by atoms with Crippen LogP contribution in [0.15, 0.2) is 18.7 Å². The Kier molecular flexibility index (Phi) is 13.5. The minimum Gasteiger partial charge on any atom is -0.337 e. The molecule has 1 aromatic heterocycles. The van der Waals surface area contributed by atoms with Crippen LogP contribution in [0.5, 0.6) is 0 Å². The van der Waals surface area contributed by atoms with Gasteiger partial charge in [-0.3, -0.25) is 0 Å². The van der Waals surface area contributed by atoms with Gasteiger partial charge in [0.2, 0.25) is 0 Å². The number of hydrogen-bond donors (Lipinski definition) is 0. The molecule has 0 aliphatic heterocycles. The molecule has 0 saturated heterocycles. The molecule has 1 rings (SSSR count). The maximum atomic E-state index is 4.08. The molecular weight excluding hydrogens is 300 g/mol. The molecule has 0 amide bonds. The standard InChI is InChI=1S/C20H38N2S/c1-3-4-5-6-7-8-9-13-18-23-20(2)14-11-10-12-16-22-17-15-21-19-22/h15,17,19-20H,3-14,16,18H2,1-2H3. The van der Waals surface area contributed by atoms with Crippen LogP contribution in [0.4, 0.5) is 0 Å². The van der Waals surface area contributed by atoms with Crippen molar-refractivity contribution in [1.82, 2.24) is 9.55 Å². The molecule has 0 spiro atoms. The van der Waals surface area contributed by atoms with Crippen molar-refractivity contribution in [3.05, 3.63) is 18.7 Å². The Morgan fingerprint density at radius 1 is 0.913 bits per heavy atom. The average Bonchev–Trinajstić information content (AvgIpc) is 3.06. The van der Waals surface area contributed by atoms with E-state index in [1.54, 1.807) is 0 Å². The molecule has 1 aromatic rings. The zero-order valence-electron chi connectivity index (χ0n) is 15.5. The number of rotatable bonds is 16. The normalized spacial score (nSPS) is 12.6. The molecule has 23 heavy (non-hydrogen) atoms. The molecule has 0 N–H and O–H groups in total. The van der Waals surface area contributed by atoms with E-state index < -0.39 is 0 Å². The van der Waals surface area contributed by atoms with E-state index in [4.69, 9.17) is 0 Å². The van der Waals surface area contributed by atoms with Gasteiger partial charge in [-0.2, -0.15) is 11.8 Å². The fourth-order valence-corrected chi connectivity index (χ4v) is 4.03. The number of thioether (sulfide) groups is 1. The van der Waals surface area contributed by atoms with Crippen LogP contribution in [-0.4, -0.2) is 20.6 Å². The molecule has 0 bridgehead atoms. The fraction of sp³-hybridized carbons (Fsp3) is 0.850. The number of hydrogen-bond acceptors (Lipinski definition) is 2. The van der Waals surface area contributed by atoms with Crippen LogP contribution in [0.3, 0.4) is 0 Å². The first-order valence-corrected chi connectivity index (χ1v) is 10.9. The Morgan fingerprint density at radius 2 is 1.61 bits per heavy atom. The number of nitrogens with zero attached hydrogens (tertiary/aromatic N) is 2. The van der Waals surface area contributed by atoms with Gasteiger partial charge in [-0.25, -0.2) is 4.98 Å². The van der Waals surface area contributed by atoms with Crippen LogP contribution < -0.4 is 0 Å². The topological polar surface area (TPSA) is 17.8 Å². The van der Waals surface area contributed by atoms with Crippen LogP contribution in [0.1, 0.15) is 90.9 Å². The van der Waals surface area contributed by atoms with Gasteiger partial charge in [-0.05, 0) is 25.0 Å². The molecular formula is C20H38N2S. The molecule has 0 saturated carbocycles. The second kappa shape index (κ2) is 15.1. The van der Waals surface area contributed by atoms with Crippen molar-refractivity contribution in [3.63, 3.8) is 0 Å². The van der Waals surface area contributed by atoms with Crippen molar-refractivity contribution >= 4 is 11.8 Å². The first-order valence-electron chi connectivity index (χ1n) is 9.90. The highest BCUT2D eigenvalue weighted by molar-refractivity contribution is 7.99. The minimum atomic E-state index is 0.841. The van der Waals surface area contributed by atoms with Gasteiger partial charge in [0.1, 0.15) is 0 Å². The number of imidazole rings is 1. The van der Waals surface area contributed by atoms with Crippen LogP contribution in [0.25, 0.3) is 0 Å². The molecule has 1 heterocycles. The lowest BCUT2D eigenvalue weighted by Gasteiger charge is -2.11. The summed E-state index contributed by atoms with van der Waals surface area (Å²) in [5, 5.41) is 0.841. The first-order chi connectivity index (χ1) is 11.3. The second-order valence-electron chi connectivity index (χ2n) is 6.81. The largest absolute Gasteiger partial charge is 0.337 e. The highest BCUT2D eigenvalue weighted by Crippen LogP contribution is 2.19. The summed E-state index contributed by atoms with van der Waals surface area (Å²) in [4.78, 5) is 4.08. The number of aromatic nitrogens is 2. The number of aryl methyl sites for hydroxylation is 1. The van der Waals surface area contributed by atoms with E-state index in [0.717, 1.165) is 11.8 Å². The Bertz CT molecular complexity index is 337. The Balaban J connectivity index is 1.78. The monoisotopic (exact) mass is 338 g/mol. The van der Waals surface area contributed by atoms with E-state index >= 15 is 0 Å². The smallest absolute Gasteiger partial charge is 0.0945 e. The lowest BCUT2D eigenvalue weighted by Crippen LogP contribution is -1.99. The third kappa shape index (κ3) is 12.6. The third-order valence-electron chi connectivity index (χ3n) is 4.49. The second-order valence-corrected chi connectivity index (χ2v) is 8.35. The summed E-state index contributed by atoms with van der Waals surface area (Å²) in [7, 11) is 0. The summed E-state index contributed by atoms with van der Waals surface area (Å²) in [6.45, 7) is 5.82. The predicted molar refractivity (Wildman–Crippen MR) is 105 cm³/mol. The fourth-order valence-electron chi connectivity index (χ4n) is 2.93.